The minimum atomic E-state index is -0.307. The number of carbonyl (C=O) groups is 1. The van der Waals surface area contributed by atoms with Crippen LogP contribution in [-0.4, -0.2) is 30.0 Å². The number of benzene rings is 1. The first kappa shape index (κ1) is 13.8. The van der Waals surface area contributed by atoms with E-state index in [-0.39, 0.29) is 18.3 Å². The second kappa shape index (κ2) is 6.04. The predicted octanol–water partition coefficient (Wildman–Crippen LogP) is 2.85. The maximum Gasteiger partial charge on any atom is 0.260 e. The molecule has 4 heteroatoms. The van der Waals surface area contributed by atoms with Gasteiger partial charge in [0, 0.05) is 12.6 Å². The van der Waals surface area contributed by atoms with Crippen molar-refractivity contribution in [2.24, 2.45) is 5.92 Å². The quantitative estimate of drug-likeness (QED) is 0.837. The fourth-order valence-electron chi connectivity index (χ4n) is 2.55. The van der Waals surface area contributed by atoms with E-state index in [4.69, 9.17) is 4.74 Å². The number of hydrogen-bond donors (Lipinski definition) is 0. The third kappa shape index (κ3) is 3.46. The van der Waals surface area contributed by atoms with Gasteiger partial charge in [0.05, 0.1) is 0 Å². The monoisotopic (exact) mass is 265 g/mol. The molecule has 0 aliphatic carbocycles. The highest BCUT2D eigenvalue weighted by molar-refractivity contribution is 5.78. The first-order valence-corrected chi connectivity index (χ1v) is 6.76. The number of hydrogen-bond acceptors (Lipinski definition) is 2. The number of rotatable bonds is 4. The summed E-state index contributed by atoms with van der Waals surface area (Å²) < 4.78 is 18.1. The van der Waals surface area contributed by atoms with Crippen molar-refractivity contribution in [3.63, 3.8) is 0 Å². The molecule has 1 saturated heterocycles. The Kier molecular flexibility index (Phi) is 4.40. The fourth-order valence-corrected chi connectivity index (χ4v) is 2.55. The van der Waals surface area contributed by atoms with Gasteiger partial charge in [-0.15, -0.1) is 0 Å². The van der Waals surface area contributed by atoms with E-state index in [2.05, 4.69) is 13.8 Å². The number of likely N-dealkylation sites (tertiary alicyclic amines) is 1. The molecule has 1 fully saturated rings. The summed E-state index contributed by atoms with van der Waals surface area (Å²) in [6.45, 7) is 5.11. The highest BCUT2D eigenvalue weighted by Gasteiger charge is 2.30. The largest absolute Gasteiger partial charge is 0.484 e. The molecule has 0 saturated carbocycles. The molecule has 0 aromatic heterocycles. The van der Waals surface area contributed by atoms with Crippen molar-refractivity contribution in [1.82, 2.24) is 4.90 Å². The molecule has 1 heterocycles. The van der Waals surface area contributed by atoms with Gasteiger partial charge < -0.3 is 9.64 Å². The van der Waals surface area contributed by atoms with E-state index in [0.29, 0.717) is 17.7 Å². The molecule has 104 valence electrons. The number of nitrogens with zero attached hydrogens (tertiary/aromatic N) is 1. The van der Waals surface area contributed by atoms with E-state index in [0.717, 1.165) is 19.4 Å². The van der Waals surface area contributed by atoms with Crippen molar-refractivity contribution in [2.45, 2.75) is 32.7 Å². The standard InChI is InChI=1S/C15H20FNO2/c1-11(2)14-4-3-9-17(14)15(18)10-19-13-7-5-12(16)6-8-13/h5-8,11,14H,3-4,9-10H2,1-2H3. The van der Waals surface area contributed by atoms with Crippen LogP contribution in [0.1, 0.15) is 26.7 Å². The summed E-state index contributed by atoms with van der Waals surface area (Å²) in [5.74, 6) is 0.700. The molecule has 1 aliphatic heterocycles. The van der Waals surface area contributed by atoms with Gasteiger partial charge in [-0.25, -0.2) is 4.39 Å². The lowest BCUT2D eigenvalue weighted by Gasteiger charge is -2.27. The summed E-state index contributed by atoms with van der Waals surface area (Å²) in [6, 6.07) is 6.04. The van der Waals surface area contributed by atoms with Crippen LogP contribution in [0.25, 0.3) is 0 Å². The van der Waals surface area contributed by atoms with Crippen molar-refractivity contribution < 1.29 is 13.9 Å². The van der Waals surface area contributed by atoms with E-state index in [1.165, 1.54) is 24.3 Å². The van der Waals surface area contributed by atoms with Crippen LogP contribution in [0.2, 0.25) is 0 Å². The summed E-state index contributed by atoms with van der Waals surface area (Å²) in [4.78, 5) is 14.0. The van der Waals surface area contributed by atoms with Crippen LogP contribution in [0.4, 0.5) is 4.39 Å². The van der Waals surface area contributed by atoms with E-state index < -0.39 is 0 Å². The zero-order valence-electron chi connectivity index (χ0n) is 11.4. The molecule has 2 rings (SSSR count). The highest BCUT2D eigenvalue weighted by atomic mass is 19.1. The van der Waals surface area contributed by atoms with Gasteiger partial charge in [-0.2, -0.15) is 0 Å². The summed E-state index contributed by atoms with van der Waals surface area (Å²) in [5.41, 5.74) is 0. The molecule has 1 atom stereocenters. The van der Waals surface area contributed by atoms with Gasteiger partial charge in [0.1, 0.15) is 11.6 Å². The molecule has 3 nitrogen and oxygen atoms in total. The van der Waals surface area contributed by atoms with Crippen LogP contribution >= 0.6 is 0 Å². The van der Waals surface area contributed by atoms with Crippen LogP contribution in [0.3, 0.4) is 0 Å². The topological polar surface area (TPSA) is 29.5 Å². The van der Waals surface area contributed by atoms with Gasteiger partial charge in [0.2, 0.25) is 0 Å². The molecule has 1 aromatic rings. The lowest BCUT2D eigenvalue weighted by molar-refractivity contribution is -0.134. The molecule has 1 unspecified atom stereocenters. The van der Waals surface area contributed by atoms with Crippen LogP contribution in [0.15, 0.2) is 24.3 Å². The number of halogens is 1. The third-order valence-electron chi connectivity index (χ3n) is 3.57. The molecular weight excluding hydrogens is 245 g/mol. The number of amides is 1. The van der Waals surface area contributed by atoms with Gasteiger partial charge in [-0.05, 0) is 43.0 Å². The van der Waals surface area contributed by atoms with E-state index in [1.54, 1.807) is 0 Å². The Morgan fingerprint density at radius 1 is 1.42 bits per heavy atom. The Hall–Kier alpha value is -1.58. The van der Waals surface area contributed by atoms with Gasteiger partial charge in [0.15, 0.2) is 6.61 Å². The Morgan fingerprint density at radius 3 is 2.74 bits per heavy atom. The maximum absolute atomic E-state index is 12.7. The molecule has 0 bridgehead atoms. The van der Waals surface area contributed by atoms with Gasteiger partial charge in [0.25, 0.3) is 5.91 Å². The zero-order valence-corrected chi connectivity index (χ0v) is 11.4. The van der Waals surface area contributed by atoms with Crippen molar-refractivity contribution in [2.75, 3.05) is 13.2 Å². The average Bonchev–Trinajstić information content (AvgIpc) is 2.87. The Bertz CT molecular complexity index is 430. The van der Waals surface area contributed by atoms with E-state index >= 15 is 0 Å². The Labute approximate surface area is 113 Å². The first-order valence-electron chi connectivity index (χ1n) is 6.76. The smallest absolute Gasteiger partial charge is 0.260 e. The molecule has 0 N–H and O–H groups in total. The van der Waals surface area contributed by atoms with E-state index in [9.17, 15) is 9.18 Å². The lowest BCUT2D eigenvalue weighted by Crippen LogP contribution is -2.41. The summed E-state index contributed by atoms with van der Waals surface area (Å²) in [5, 5.41) is 0. The maximum atomic E-state index is 12.7. The molecule has 19 heavy (non-hydrogen) atoms. The zero-order chi connectivity index (χ0) is 13.8. The normalized spacial score (nSPS) is 18.9. The van der Waals surface area contributed by atoms with Gasteiger partial charge in [-0.3, -0.25) is 4.79 Å². The molecular formula is C15H20FNO2. The van der Waals surface area contributed by atoms with Crippen LogP contribution in [-0.2, 0) is 4.79 Å². The molecule has 1 amide bonds. The molecule has 1 aromatic carbocycles. The first-order chi connectivity index (χ1) is 9.08. The summed E-state index contributed by atoms with van der Waals surface area (Å²) >= 11 is 0. The van der Waals surface area contributed by atoms with Gasteiger partial charge in [-0.1, -0.05) is 13.8 Å². The molecule has 0 radical (unpaired) electrons. The SMILES string of the molecule is CC(C)C1CCCN1C(=O)COc1ccc(F)cc1. The average molecular weight is 265 g/mol. The Morgan fingerprint density at radius 2 is 2.11 bits per heavy atom. The van der Waals surface area contributed by atoms with Crippen molar-refractivity contribution in [1.29, 1.82) is 0 Å². The second-order valence-electron chi connectivity index (χ2n) is 5.28. The van der Waals surface area contributed by atoms with E-state index in [1.807, 2.05) is 4.90 Å². The van der Waals surface area contributed by atoms with Crippen LogP contribution in [0, 0.1) is 11.7 Å². The Balaban J connectivity index is 1.89. The van der Waals surface area contributed by atoms with Crippen molar-refractivity contribution in [3.05, 3.63) is 30.1 Å². The summed E-state index contributed by atoms with van der Waals surface area (Å²) in [6.07, 6.45) is 2.13. The minimum absolute atomic E-state index is 0.0144. The third-order valence-corrected chi connectivity index (χ3v) is 3.57. The number of carbonyl (C=O) groups excluding carboxylic acids is 1. The highest BCUT2D eigenvalue weighted by Crippen LogP contribution is 2.23. The van der Waals surface area contributed by atoms with Gasteiger partial charge >= 0.3 is 0 Å². The van der Waals surface area contributed by atoms with Crippen molar-refractivity contribution >= 4 is 5.91 Å². The predicted molar refractivity (Wildman–Crippen MR) is 71.5 cm³/mol. The van der Waals surface area contributed by atoms with Crippen LogP contribution < -0.4 is 4.74 Å². The lowest BCUT2D eigenvalue weighted by atomic mass is 10.0. The fraction of sp³-hybridized carbons (Fsp3) is 0.533. The number of ether oxygens (including phenoxy) is 1. The summed E-state index contributed by atoms with van der Waals surface area (Å²) in [7, 11) is 0. The molecule has 1 aliphatic rings. The minimum Gasteiger partial charge on any atom is -0.484 e. The second-order valence-corrected chi connectivity index (χ2v) is 5.28. The molecule has 0 spiro atoms. The van der Waals surface area contributed by atoms with Crippen molar-refractivity contribution in [3.8, 4) is 5.75 Å². The van der Waals surface area contributed by atoms with Crippen LogP contribution in [0.5, 0.6) is 5.75 Å².